The topological polar surface area (TPSA) is 101 Å². The summed E-state index contributed by atoms with van der Waals surface area (Å²) < 4.78 is 0. The number of nitro benzene ring substituents is 1. The third-order valence-corrected chi connectivity index (χ3v) is 4.77. The van der Waals surface area contributed by atoms with Gasteiger partial charge in [0.2, 0.25) is 5.91 Å². The van der Waals surface area contributed by atoms with Gasteiger partial charge in [-0.2, -0.15) is 0 Å². The number of hydrogen-bond acceptors (Lipinski definition) is 5. The number of aromatic amines is 1. The number of H-pyrrole nitrogens is 1. The zero-order valence-corrected chi connectivity index (χ0v) is 14.7. The highest BCUT2D eigenvalue weighted by Crippen LogP contribution is 2.26. The molecule has 0 fully saturated rings. The van der Waals surface area contributed by atoms with E-state index in [-0.39, 0.29) is 16.8 Å². The van der Waals surface area contributed by atoms with Gasteiger partial charge < -0.3 is 10.3 Å². The molecule has 0 aliphatic rings. The van der Waals surface area contributed by atoms with E-state index in [9.17, 15) is 14.9 Å². The lowest BCUT2D eigenvalue weighted by atomic mass is 10.2. The van der Waals surface area contributed by atoms with Gasteiger partial charge in [0, 0.05) is 40.7 Å². The SMILES string of the molecule is CC(Sc1ccc([N+](=O)[O-])cc1)C(=O)Nc1ccc(-c2ncc[nH]2)cc1. The van der Waals surface area contributed by atoms with Gasteiger partial charge in [-0.1, -0.05) is 0 Å². The number of imidazole rings is 1. The highest BCUT2D eigenvalue weighted by atomic mass is 32.2. The van der Waals surface area contributed by atoms with E-state index in [2.05, 4.69) is 15.3 Å². The predicted octanol–water partition coefficient (Wildman–Crippen LogP) is 4.10. The van der Waals surface area contributed by atoms with Crippen LogP contribution in [-0.2, 0) is 4.79 Å². The molecular formula is C18H16N4O3S. The minimum atomic E-state index is -0.447. The van der Waals surface area contributed by atoms with Gasteiger partial charge >= 0.3 is 0 Å². The van der Waals surface area contributed by atoms with Crippen LogP contribution in [0, 0.1) is 10.1 Å². The molecular weight excluding hydrogens is 352 g/mol. The molecule has 0 bridgehead atoms. The van der Waals surface area contributed by atoms with Crippen molar-refractivity contribution in [2.75, 3.05) is 5.32 Å². The normalized spacial score (nSPS) is 11.7. The van der Waals surface area contributed by atoms with Crippen molar-refractivity contribution in [3.63, 3.8) is 0 Å². The first-order chi connectivity index (χ1) is 12.5. The summed E-state index contributed by atoms with van der Waals surface area (Å²) in [6, 6.07) is 13.5. The molecule has 1 unspecified atom stereocenters. The summed E-state index contributed by atoms with van der Waals surface area (Å²) in [7, 11) is 0. The molecule has 1 heterocycles. The number of carbonyl (C=O) groups excluding carboxylic acids is 1. The number of nitrogens with zero attached hydrogens (tertiary/aromatic N) is 2. The minimum Gasteiger partial charge on any atom is -0.345 e. The fraction of sp³-hybridized carbons (Fsp3) is 0.111. The van der Waals surface area contributed by atoms with Gasteiger partial charge in [0.1, 0.15) is 5.82 Å². The Hall–Kier alpha value is -3.13. The van der Waals surface area contributed by atoms with Crippen LogP contribution in [0.3, 0.4) is 0 Å². The Balaban J connectivity index is 1.59. The molecule has 3 aromatic rings. The van der Waals surface area contributed by atoms with Gasteiger partial charge in [-0.15, -0.1) is 11.8 Å². The van der Waals surface area contributed by atoms with Crippen LogP contribution in [0.2, 0.25) is 0 Å². The second kappa shape index (κ2) is 7.83. The molecule has 0 saturated heterocycles. The van der Waals surface area contributed by atoms with Crippen LogP contribution < -0.4 is 5.32 Å². The number of carbonyl (C=O) groups is 1. The molecule has 2 N–H and O–H groups in total. The van der Waals surface area contributed by atoms with E-state index in [1.165, 1.54) is 23.9 Å². The van der Waals surface area contributed by atoms with Crippen LogP contribution in [-0.4, -0.2) is 26.0 Å². The number of hydrogen-bond donors (Lipinski definition) is 2. The summed E-state index contributed by atoms with van der Waals surface area (Å²) in [5.74, 6) is 0.629. The summed E-state index contributed by atoms with van der Waals surface area (Å²) in [5, 5.41) is 13.2. The standard InChI is InChI=1S/C18H16N4O3S/c1-12(26-16-8-6-15(7-9-16)22(24)25)18(23)21-14-4-2-13(3-5-14)17-19-10-11-20-17/h2-12H,1H3,(H,19,20)(H,21,23). The third-order valence-electron chi connectivity index (χ3n) is 3.65. The van der Waals surface area contributed by atoms with Crippen LogP contribution in [0.25, 0.3) is 11.4 Å². The van der Waals surface area contributed by atoms with Crippen LogP contribution >= 0.6 is 11.8 Å². The average molecular weight is 368 g/mol. The van der Waals surface area contributed by atoms with E-state index in [4.69, 9.17) is 0 Å². The fourth-order valence-corrected chi connectivity index (χ4v) is 3.15. The van der Waals surface area contributed by atoms with Crippen LogP contribution in [0.15, 0.2) is 65.8 Å². The van der Waals surface area contributed by atoms with E-state index in [1.807, 2.05) is 24.3 Å². The molecule has 1 atom stereocenters. The number of non-ortho nitro benzene ring substituents is 1. The van der Waals surface area contributed by atoms with E-state index in [0.29, 0.717) is 5.69 Å². The minimum absolute atomic E-state index is 0.0306. The van der Waals surface area contributed by atoms with Crippen molar-refractivity contribution < 1.29 is 9.72 Å². The van der Waals surface area contributed by atoms with E-state index in [1.54, 1.807) is 31.5 Å². The molecule has 0 saturated carbocycles. The first-order valence-corrected chi connectivity index (χ1v) is 8.72. The smallest absolute Gasteiger partial charge is 0.269 e. The maximum atomic E-state index is 12.3. The van der Waals surface area contributed by atoms with E-state index < -0.39 is 4.92 Å². The Bertz CT molecular complexity index is 893. The lowest BCUT2D eigenvalue weighted by Crippen LogP contribution is -2.22. The zero-order chi connectivity index (χ0) is 18.5. The average Bonchev–Trinajstić information content (AvgIpc) is 3.17. The summed E-state index contributed by atoms with van der Waals surface area (Å²) >= 11 is 1.34. The lowest BCUT2D eigenvalue weighted by Gasteiger charge is -2.12. The monoisotopic (exact) mass is 368 g/mol. The molecule has 132 valence electrons. The highest BCUT2D eigenvalue weighted by molar-refractivity contribution is 8.00. The molecule has 3 rings (SSSR count). The number of anilines is 1. The molecule has 0 spiro atoms. The maximum Gasteiger partial charge on any atom is 0.269 e. The first-order valence-electron chi connectivity index (χ1n) is 7.85. The largest absolute Gasteiger partial charge is 0.345 e. The Kier molecular flexibility index (Phi) is 5.33. The molecule has 0 radical (unpaired) electrons. The van der Waals surface area contributed by atoms with Crippen molar-refractivity contribution in [2.45, 2.75) is 17.1 Å². The summed E-state index contributed by atoms with van der Waals surface area (Å²) in [6.45, 7) is 1.79. The third kappa shape index (κ3) is 4.28. The summed E-state index contributed by atoms with van der Waals surface area (Å²) in [6.07, 6.45) is 3.43. The number of rotatable bonds is 6. The number of benzene rings is 2. The van der Waals surface area contributed by atoms with Crippen molar-refractivity contribution in [3.8, 4) is 11.4 Å². The van der Waals surface area contributed by atoms with Gasteiger partial charge in [-0.05, 0) is 43.3 Å². The number of amides is 1. The van der Waals surface area contributed by atoms with E-state index >= 15 is 0 Å². The summed E-state index contributed by atoms with van der Waals surface area (Å²) in [4.78, 5) is 30.6. The highest BCUT2D eigenvalue weighted by Gasteiger charge is 2.15. The number of nitro groups is 1. The molecule has 1 amide bonds. The van der Waals surface area contributed by atoms with Gasteiger partial charge in [0.25, 0.3) is 5.69 Å². The van der Waals surface area contributed by atoms with Crippen molar-refractivity contribution in [1.29, 1.82) is 0 Å². The maximum absolute atomic E-state index is 12.3. The molecule has 7 nitrogen and oxygen atoms in total. The number of thioether (sulfide) groups is 1. The van der Waals surface area contributed by atoms with Gasteiger partial charge in [-0.25, -0.2) is 4.98 Å². The second-order valence-electron chi connectivity index (χ2n) is 5.52. The Morgan fingerprint density at radius 2 is 1.88 bits per heavy atom. The lowest BCUT2D eigenvalue weighted by molar-refractivity contribution is -0.384. The van der Waals surface area contributed by atoms with Crippen molar-refractivity contribution >= 4 is 29.0 Å². The van der Waals surface area contributed by atoms with Crippen LogP contribution in [0.1, 0.15) is 6.92 Å². The Morgan fingerprint density at radius 3 is 2.46 bits per heavy atom. The zero-order valence-electron chi connectivity index (χ0n) is 13.9. The first kappa shape index (κ1) is 17.7. The predicted molar refractivity (Wildman–Crippen MR) is 101 cm³/mol. The van der Waals surface area contributed by atoms with Crippen LogP contribution in [0.4, 0.5) is 11.4 Å². The van der Waals surface area contributed by atoms with Gasteiger partial charge in [0.15, 0.2) is 0 Å². The molecule has 1 aromatic heterocycles. The fourth-order valence-electron chi connectivity index (χ4n) is 2.28. The van der Waals surface area contributed by atoms with Gasteiger partial charge in [-0.3, -0.25) is 14.9 Å². The van der Waals surface area contributed by atoms with Crippen LogP contribution in [0.5, 0.6) is 0 Å². The number of aromatic nitrogens is 2. The molecule has 0 aliphatic carbocycles. The van der Waals surface area contributed by atoms with Crippen molar-refractivity contribution in [1.82, 2.24) is 9.97 Å². The van der Waals surface area contributed by atoms with Crippen molar-refractivity contribution in [2.24, 2.45) is 0 Å². The summed E-state index contributed by atoms with van der Waals surface area (Å²) in [5.41, 5.74) is 1.66. The van der Waals surface area contributed by atoms with Crippen molar-refractivity contribution in [3.05, 3.63) is 71.0 Å². The molecule has 8 heteroatoms. The Labute approximate surface area is 154 Å². The van der Waals surface area contributed by atoms with E-state index in [0.717, 1.165) is 16.3 Å². The molecule has 0 aliphatic heterocycles. The second-order valence-corrected chi connectivity index (χ2v) is 6.93. The number of nitrogens with one attached hydrogen (secondary N) is 2. The quantitative estimate of drug-likeness (QED) is 0.387. The molecule has 26 heavy (non-hydrogen) atoms. The van der Waals surface area contributed by atoms with Gasteiger partial charge in [0.05, 0.1) is 10.2 Å². The Morgan fingerprint density at radius 1 is 1.19 bits per heavy atom. The molecule has 2 aromatic carbocycles.